The van der Waals surface area contributed by atoms with Crippen molar-refractivity contribution >= 4 is 18.0 Å². The number of rotatable bonds is 1. The smallest absolute Gasteiger partial charge is 0.269 e. The molecule has 1 aliphatic heterocycles. The molecular formula is C13H11O4P. The van der Waals surface area contributed by atoms with E-state index in [1.807, 2.05) is 0 Å². The summed E-state index contributed by atoms with van der Waals surface area (Å²) in [4.78, 5) is 0. The van der Waals surface area contributed by atoms with Crippen molar-refractivity contribution < 1.29 is 19.3 Å². The van der Waals surface area contributed by atoms with Gasteiger partial charge in [-0.3, -0.25) is 4.57 Å². The van der Waals surface area contributed by atoms with Crippen molar-refractivity contribution in [2.75, 3.05) is 7.11 Å². The number of benzene rings is 2. The largest absolute Gasteiger partial charge is 0.507 e. The van der Waals surface area contributed by atoms with E-state index in [1.165, 1.54) is 19.2 Å². The van der Waals surface area contributed by atoms with Crippen LogP contribution in [0.4, 0.5) is 0 Å². The third-order valence-electron chi connectivity index (χ3n) is 3.17. The summed E-state index contributed by atoms with van der Waals surface area (Å²) in [7, 11) is -2.09. The molecule has 0 spiro atoms. The van der Waals surface area contributed by atoms with Gasteiger partial charge in [-0.2, -0.15) is 0 Å². The Morgan fingerprint density at radius 2 is 1.39 bits per heavy atom. The van der Waals surface area contributed by atoms with E-state index in [0.717, 1.165) is 0 Å². The molecule has 5 heteroatoms. The number of phenolic OH excluding ortho intramolecular Hbond substituents is 2. The summed E-state index contributed by atoms with van der Waals surface area (Å²) >= 11 is 0. The molecular weight excluding hydrogens is 251 g/mol. The molecule has 0 amide bonds. The molecule has 0 radical (unpaired) electrons. The molecule has 0 atom stereocenters. The lowest BCUT2D eigenvalue weighted by molar-refractivity contribution is 0.408. The highest BCUT2D eigenvalue weighted by Gasteiger charge is 2.43. The Balaban J connectivity index is 2.50. The zero-order valence-electron chi connectivity index (χ0n) is 9.62. The number of hydrogen-bond donors (Lipinski definition) is 2. The number of hydrogen-bond acceptors (Lipinski definition) is 4. The molecule has 2 N–H and O–H groups in total. The van der Waals surface area contributed by atoms with Crippen molar-refractivity contribution in [3.8, 4) is 22.6 Å². The maximum atomic E-state index is 12.9. The van der Waals surface area contributed by atoms with Crippen LogP contribution >= 0.6 is 7.37 Å². The summed E-state index contributed by atoms with van der Waals surface area (Å²) in [6, 6.07) is 9.79. The van der Waals surface area contributed by atoms with Gasteiger partial charge in [-0.25, -0.2) is 0 Å². The normalized spacial score (nSPS) is 15.2. The van der Waals surface area contributed by atoms with Crippen LogP contribution in [0.1, 0.15) is 0 Å². The van der Waals surface area contributed by atoms with E-state index >= 15 is 0 Å². The van der Waals surface area contributed by atoms with Gasteiger partial charge in [0.15, 0.2) is 0 Å². The van der Waals surface area contributed by atoms with Crippen LogP contribution in [0, 0.1) is 0 Å². The molecule has 2 aromatic rings. The van der Waals surface area contributed by atoms with Crippen molar-refractivity contribution in [2.45, 2.75) is 0 Å². The fourth-order valence-electron chi connectivity index (χ4n) is 2.41. The lowest BCUT2D eigenvalue weighted by Gasteiger charge is -2.14. The Morgan fingerprint density at radius 1 is 0.944 bits per heavy atom. The van der Waals surface area contributed by atoms with Crippen LogP contribution in [0.3, 0.4) is 0 Å². The molecule has 0 saturated heterocycles. The van der Waals surface area contributed by atoms with Gasteiger partial charge in [0.25, 0.3) is 7.37 Å². The summed E-state index contributed by atoms with van der Waals surface area (Å²) in [6.07, 6.45) is 0. The van der Waals surface area contributed by atoms with Gasteiger partial charge >= 0.3 is 0 Å². The predicted octanol–water partition coefficient (Wildman–Crippen LogP) is 1.95. The molecule has 1 aliphatic rings. The van der Waals surface area contributed by atoms with E-state index in [2.05, 4.69) is 0 Å². The number of aromatic hydroxyl groups is 2. The zero-order chi connectivity index (χ0) is 12.9. The number of fused-ring (bicyclic) bond motifs is 3. The van der Waals surface area contributed by atoms with E-state index in [-0.39, 0.29) is 22.1 Å². The molecule has 0 saturated carbocycles. The summed E-state index contributed by atoms with van der Waals surface area (Å²) in [6.45, 7) is 0. The van der Waals surface area contributed by atoms with Gasteiger partial charge < -0.3 is 14.7 Å². The first-order valence-corrected chi connectivity index (χ1v) is 7.03. The van der Waals surface area contributed by atoms with Gasteiger partial charge in [0.05, 0.1) is 10.6 Å². The topological polar surface area (TPSA) is 66.8 Å². The molecule has 3 rings (SSSR count). The first-order chi connectivity index (χ1) is 8.59. The van der Waals surface area contributed by atoms with Crippen molar-refractivity contribution in [3.63, 3.8) is 0 Å². The molecule has 18 heavy (non-hydrogen) atoms. The third-order valence-corrected chi connectivity index (χ3v) is 5.80. The van der Waals surface area contributed by atoms with Crippen molar-refractivity contribution in [1.82, 2.24) is 0 Å². The quantitative estimate of drug-likeness (QED) is 0.771. The number of phenols is 2. The van der Waals surface area contributed by atoms with Crippen LogP contribution < -0.4 is 10.6 Å². The highest BCUT2D eigenvalue weighted by atomic mass is 31.2. The SMILES string of the molecule is COP1(=O)c2c(O)cccc2-c2cccc(O)c21. The predicted molar refractivity (Wildman–Crippen MR) is 69.1 cm³/mol. The zero-order valence-corrected chi connectivity index (χ0v) is 10.5. The van der Waals surface area contributed by atoms with Gasteiger partial charge in [0.1, 0.15) is 11.5 Å². The maximum absolute atomic E-state index is 12.9. The van der Waals surface area contributed by atoms with Crippen LogP contribution in [0.5, 0.6) is 11.5 Å². The molecule has 0 fully saturated rings. The van der Waals surface area contributed by atoms with Crippen LogP contribution in [-0.4, -0.2) is 17.3 Å². The second kappa shape index (κ2) is 3.61. The Labute approximate surface area is 104 Å². The van der Waals surface area contributed by atoms with E-state index in [1.54, 1.807) is 24.3 Å². The summed E-state index contributed by atoms with van der Waals surface area (Å²) in [5.74, 6) is -0.151. The molecule has 2 aromatic carbocycles. The van der Waals surface area contributed by atoms with Crippen LogP contribution in [0.2, 0.25) is 0 Å². The van der Waals surface area contributed by atoms with Crippen molar-refractivity contribution in [2.24, 2.45) is 0 Å². The molecule has 4 nitrogen and oxygen atoms in total. The van der Waals surface area contributed by atoms with E-state index in [4.69, 9.17) is 4.52 Å². The molecule has 0 aromatic heterocycles. The summed E-state index contributed by atoms with van der Waals surface area (Å²) in [5.41, 5.74) is 1.29. The highest BCUT2D eigenvalue weighted by Crippen LogP contribution is 2.57. The van der Waals surface area contributed by atoms with Crippen molar-refractivity contribution in [1.29, 1.82) is 0 Å². The minimum absolute atomic E-state index is 0.0757. The third kappa shape index (κ3) is 1.22. The fourth-order valence-corrected chi connectivity index (χ4v) is 4.78. The van der Waals surface area contributed by atoms with Gasteiger partial charge in [-0.05, 0) is 23.3 Å². The summed E-state index contributed by atoms with van der Waals surface area (Å²) < 4.78 is 18.1. The summed E-state index contributed by atoms with van der Waals surface area (Å²) in [5, 5.41) is 20.4. The molecule has 1 heterocycles. The molecule has 0 bridgehead atoms. The van der Waals surface area contributed by atoms with Crippen LogP contribution in [-0.2, 0) is 9.09 Å². The first-order valence-electron chi connectivity index (χ1n) is 5.41. The van der Waals surface area contributed by atoms with Crippen molar-refractivity contribution in [3.05, 3.63) is 36.4 Å². The minimum atomic E-state index is -3.41. The van der Waals surface area contributed by atoms with E-state index in [9.17, 15) is 14.8 Å². The minimum Gasteiger partial charge on any atom is -0.507 e. The van der Waals surface area contributed by atoms with Gasteiger partial charge in [-0.1, -0.05) is 24.3 Å². The van der Waals surface area contributed by atoms with E-state index in [0.29, 0.717) is 11.1 Å². The standard InChI is InChI=1S/C13H11O4P/c1-17-18(16)12-8(4-2-6-10(12)14)9-5-3-7-11(15)13(9)18/h2-7,14-15H,1H3. The Kier molecular flexibility index (Phi) is 2.27. The van der Waals surface area contributed by atoms with Crippen LogP contribution in [0.15, 0.2) is 36.4 Å². The monoisotopic (exact) mass is 262 g/mol. The molecule has 0 aliphatic carbocycles. The average Bonchev–Trinajstić information content (AvgIpc) is 2.63. The van der Waals surface area contributed by atoms with Gasteiger partial charge in [-0.15, -0.1) is 0 Å². The molecule has 92 valence electrons. The Morgan fingerprint density at radius 3 is 1.78 bits per heavy atom. The van der Waals surface area contributed by atoms with Gasteiger partial charge in [0.2, 0.25) is 0 Å². The lowest BCUT2D eigenvalue weighted by Crippen LogP contribution is -2.12. The van der Waals surface area contributed by atoms with E-state index < -0.39 is 7.37 Å². The second-order valence-corrected chi connectivity index (χ2v) is 6.44. The highest BCUT2D eigenvalue weighted by molar-refractivity contribution is 7.76. The second-order valence-electron chi connectivity index (χ2n) is 4.08. The van der Waals surface area contributed by atoms with Crippen LogP contribution in [0.25, 0.3) is 11.1 Å². The Hall–Kier alpha value is -1.77. The lowest BCUT2D eigenvalue weighted by atomic mass is 10.1. The van der Waals surface area contributed by atoms with Gasteiger partial charge in [0, 0.05) is 7.11 Å². The maximum Gasteiger partial charge on any atom is 0.269 e. The average molecular weight is 262 g/mol. The fraction of sp³-hybridized carbons (Fsp3) is 0.0769. The first kappa shape index (κ1) is 11.3. The molecule has 0 unspecified atom stereocenters. The Bertz CT molecular complexity index is 638.